The van der Waals surface area contributed by atoms with E-state index >= 15 is 0 Å². The number of benzene rings is 2. The van der Waals surface area contributed by atoms with Crippen molar-refractivity contribution in [1.29, 1.82) is 0 Å². The maximum atomic E-state index is 14.5. The molecular weight excluding hydrogens is 458 g/mol. The highest BCUT2D eigenvalue weighted by atomic mass is 35.5. The molecule has 3 aromatic rings. The molecule has 1 aliphatic rings. The van der Waals surface area contributed by atoms with E-state index < -0.39 is 5.82 Å². The minimum Gasteiger partial charge on any atom is -0.380 e. The van der Waals surface area contributed by atoms with Gasteiger partial charge in [-0.15, -0.1) is 11.3 Å². The summed E-state index contributed by atoms with van der Waals surface area (Å²) in [6.45, 7) is 3.21. The van der Waals surface area contributed by atoms with Crippen molar-refractivity contribution in [2.75, 3.05) is 23.1 Å². The Morgan fingerprint density at radius 1 is 1.10 bits per heavy atom. The van der Waals surface area contributed by atoms with Crippen molar-refractivity contribution in [3.8, 4) is 0 Å². The first-order valence-electron chi connectivity index (χ1n) is 10.1. The van der Waals surface area contributed by atoms with Crippen molar-refractivity contribution in [2.24, 2.45) is 0 Å². The van der Waals surface area contributed by atoms with Crippen LogP contribution in [0.15, 0.2) is 46.1 Å². The monoisotopic (exact) mass is 480 g/mol. The summed E-state index contributed by atoms with van der Waals surface area (Å²) in [5.74, 6) is -0.0438. The van der Waals surface area contributed by atoms with Gasteiger partial charge in [0.2, 0.25) is 0 Å². The molecule has 0 saturated carbocycles. The smallest absolute Gasteiger partial charge is 0.147 e. The van der Waals surface area contributed by atoms with Gasteiger partial charge in [-0.1, -0.05) is 24.1 Å². The lowest BCUT2D eigenvalue weighted by atomic mass is 10.1. The molecule has 0 radical (unpaired) electrons. The number of nitrogens with one attached hydrogen (secondary N) is 2. The average molecular weight is 481 g/mol. The van der Waals surface area contributed by atoms with E-state index in [2.05, 4.69) is 19.9 Å². The Labute approximate surface area is 194 Å². The molecule has 9 heteroatoms. The molecule has 31 heavy (non-hydrogen) atoms. The van der Waals surface area contributed by atoms with E-state index in [1.54, 1.807) is 11.6 Å². The van der Waals surface area contributed by atoms with Crippen LogP contribution in [0.4, 0.5) is 20.3 Å². The van der Waals surface area contributed by atoms with E-state index in [0.717, 1.165) is 37.1 Å². The average Bonchev–Trinajstić information content (AvgIpc) is 3.29. The molecule has 4 nitrogen and oxygen atoms in total. The fourth-order valence-corrected chi connectivity index (χ4v) is 5.05. The molecule has 1 saturated heterocycles. The number of aromatic nitrogens is 1. The van der Waals surface area contributed by atoms with Gasteiger partial charge >= 0.3 is 0 Å². The third-order valence-corrected chi connectivity index (χ3v) is 6.90. The zero-order valence-electron chi connectivity index (χ0n) is 16.8. The number of likely N-dealkylation sites (tertiary alicyclic amines) is 1. The van der Waals surface area contributed by atoms with Crippen LogP contribution in [-0.2, 0) is 13.1 Å². The number of nitrogens with zero attached hydrogens (tertiary/aromatic N) is 2. The van der Waals surface area contributed by atoms with E-state index in [0.29, 0.717) is 27.0 Å². The van der Waals surface area contributed by atoms with Crippen LogP contribution < -0.4 is 10.0 Å². The van der Waals surface area contributed by atoms with Crippen molar-refractivity contribution < 1.29 is 8.78 Å². The molecule has 2 N–H and O–H groups in total. The second-order valence-electron chi connectivity index (χ2n) is 7.46. The molecule has 0 bridgehead atoms. The van der Waals surface area contributed by atoms with Crippen LogP contribution in [0.5, 0.6) is 0 Å². The summed E-state index contributed by atoms with van der Waals surface area (Å²) in [7, 11) is 0. The largest absolute Gasteiger partial charge is 0.380 e. The predicted molar refractivity (Wildman–Crippen MR) is 126 cm³/mol. The van der Waals surface area contributed by atoms with Gasteiger partial charge in [0.25, 0.3) is 0 Å². The van der Waals surface area contributed by atoms with Crippen LogP contribution in [-0.4, -0.2) is 23.0 Å². The van der Waals surface area contributed by atoms with Crippen molar-refractivity contribution in [2.45, 2.75) is 37.2 Å². The van der Waals surface area contributed by atoms with Crippen LogP contribution >= 0.6 is 34.9 Å². The molecule has 1 aromatic heterocycles. The van der Waals surface area contributed by atoms with Gasteiger partial charge in [-0.3, -0.25) is 4.90 Å². The lowest BCUT2D eigenvalue weighted by molar-refractivity contribution is 0.221. The maximum absolute atomic E-state index is 14.5. The normalized spacial score (nSPS) is 14.5. The first-order valence-corrected chi connectivity index (χ1v) is 12.3. The topological polar surface area (TPSA) is 40.2 Å². The minimum absolute atomic E-state index is 0.225. The molecule has 0 unspecified atom stereocenters. The summed E-state index contributed by atoms with van der Waals surface area (Å²) in [6.07, 6.45) is 3.71. The summed E-state index contributed by atoms with van der Waals surface area (Å²) >= 11 is 8.90. The Kier molecular flexibility index (Phi) is 7.66. The van der Waals surface area contributed by atoms with Gasteiger partial charge < -0.3 is 10.0 Å². The Hall–Kier alpha value is -1.87. The quantitative estimate of drug-likeness (QED) is 0.347. The number of anilines is 2. The van der Waals surface area contributed by atoms with Gasteiger partial charge in [0.05, 0.1) is 21.1 Å². The molecule has 1 aliphatic heterocycles. The first-order chi connectivity index (χ1) is 15.1. The number of halogens is 3. The molecule has 1 fully saturated rings. The molecule has 0 amide bonds. The Bertz CT molecular complexity index is 1010. The minimum atomic E-state index is -0.418. The van der Waals surface area contributed by atoms with E-state index in [-0.39, 0.29) is 12.4 Å². The summed E-state index contributed by atoms with van der Waals surface area (Å²) in [5, 5.41) is 5.27. The zero-order chi connectivity index (χ0) is 21.6. The van der Waals surface area contributed by atoms with E-state index in [4.69, 9.17) is 11.6 Å². The summed E-state index contributed by atoms with van der Waals surface area (Å²) in [4.78, 5) is 6.85. The number of thiazole rings is 1. The lowest BCUT2D eigenvalue weighted by Gasteiger charge is -2.26. The number of rotatable bonds is 8. The van der Waals surface area contributed by atoms with Gasteiger partial charge in [0, 0.05) is 24.0 Å². The van der Waals surface area contributed by atoms with Crippen LogP contribution in [0, 0.1) is 11.6 Å². The molecule has 0 atom stereocenters. The van der Waals surface area contributed by atoms with Gasteiger partial charge in [-0.25, -0.2) is 13.8 Å². The predicted octanol–water partition coefficient (Wildman–Crippen LogP) is 6.79. The summed E-state index contributed by atoms with van der Waals surface area (Å²) < 4.78 is 31.9. The fourth-order valence-electron chi connectivity index (χ4n) is 3.54. The second-order valence-corrected chi connectivity index (χ2v) is 9.43. The fraction of sp³-hybridized carbons (Fsp3) is 0.318. The van der Waals surface area contributed by atoms with Gasteiger partial charge in [0.1, 0.15) is 17.5 Å². The van der Waals surface area contributed by atoms with Gasteiger partial charge in [-0.05, 0) is 67.7 Å². The Balaban J connectivity index is 1.40. The highest BCUT2D eigenvalue weighted by Crippen LogP contribution is 2.32. The highest BCUT2D eigenvalue weighted by Gasteiger charge is 2.13. The SMILES string of the molecule is Fc1ccc(CN2CCCCC2)cc1CNc1cc(F)c(SNc2cscn2)cc1Cl. The standard InChI is InChI=1S/C22H23ClF2N4S2/c23-17-9-21(31-28-22-13-30-14-27-22)19(25)10-20(17)26-11-16-8-15(4-5-18(16)24)12-29-6-2-1-3-7-29/h4-5,8-10,13-14,26,28H,1-3,6-7,11-12H2. The third kappa shape index (κ3) is 6.10. The summed E-state index contributed by atoms with van der Waals surface area (Å²) in [6, 6.07) is 8.10. The zero-order valence-corrected chi connectivity index (χ0v) is 19.2. The Morgan fingerprint density at radius 2 is 1.94 bits per heavy atom. The van der Waals surface area contributed by atoms with E-state index in [9.17, 15) is 8.78 Å². The number of hydrogen-bond donors (Lipinski definition) is 2. The summed E-state index contributed by atoms with van der Waals surface area (Å²) in [5.41, 5.74) is 3.74. The van der Waals surface area contributed by atoms with Crippen LogP contribution in [0.1, 0.15) is 30.4 Å². The van der Waals surface area contributed by atoms with Gasteiger partial charge in [0.15, 0.2) is 0 Å². The van der Waals surface area contributed by atoms with Crippen molar-refractivity contribution in [1.82, 2.24) is 9.88 Å². The molecule has 4 rings (SSSR count). The number of piperidine rings is 1. The van der Waals surface area contributed by atoms with Crippen molar-refractivity contribution in [3.63, 3.8) is 0 Å². The van der Waals surface area contributed by atoms with Crippen LogP contribution in [0.3, 0.4) is 0 Å². The number of hydrogen-bond acceptors (Lipinski definition) is 6. The second kappa shape index (κ2) is 10.6. The maximum Gasteiger partial charge on any atom is 0.147 e. The Morgan fingerprint density at radius 3 is 2.71 bits per heavy atom. The van der Waals surface area contributed by atoms with Crippen molar-refractivity contribution in [3.05, 3.63) is 69.0 Å². The van der Waals surface area contributed by atoms with Crippen molar-refractivity contribution >= 4 is 46.4 Å². The molecule has 164 valence electrons. The van der Waals surface area contributed by atoms with E-state index in [1.165, 1.54) is 42.7 Å². The third-order valence-electron chi connectivity index (χ3n) is 5.15. The van der Waals surface area contributed by atoms with Crippen LogP contribution in [0.2, 0.25) is 5.02 Å². The highest BCUT2D eigenvalue weighted by molar-refractivity contribution is 8.00. The molecule has 0 spiro atoms. The van der Waals surface area contributed by atoms with Gasteiger partial charge in [-0.2, -0.15) is 0 Å². The molecule has 2 aromatic carbocycles. The molecule has 2 heterocycles. The van der Waals surface area contributed by atoms with Crippen LogP contribution in [0.25, 0.3) is 0 Å². The molecule has 0 aliphatic carbocycles. The van der Waals surface area contributed by atoms with E-state index in [1.807, 2.05) is 17.5 Å². The first kappa shape index (κ1) is 22.3. The lowest BCUT2D eigenvalue weighted by Crippen LogP contribution is -2.29. The molecular formula is C22H23ClF2N4S2.